The molecule has 0 fully saturated rings. The quantitative estimate of drug-likeness (QED) is 0.171. The maximum Gasteiger partial charge on any atom is 0.167 e. The van der Waals surface area contributed by atoms with Gasteiger partial charge in [0, 0.05) is 32.7 Å². The minimum atomic E-state index is 0.537. The molecule has 0 aliphatic heterocycles. The average molecular weight is 718 g/mol. The zero-order valence-corrected chi connectivity index (χ0v) is 30.1. The molecule has 0 saturated heterocycles. The predicted octanol–water partition coefficient (Wildman–Crippen LogP) is 13.7. The molecular formula is C51H31N3O2. The highest BCUT2D eigenvalue weighted by molar-refractivity contribution is 6.09. The van der Waals surface area contributed by atoms with E-state index in [1.807, 2.05) is 60.7 Å². The third-order valence-corrected chi connectivity index (χ3v) is 10.5. The van der Waals surface area contributed by atoms with Crippen molar-refractivity contribution in [1.29, 1.82) is 0 Å². The second-order valence-corrected chi connectivity index (χ2v) is 14.0. The van der Waals surface area contributed by atoms with Crippen LogP contribution >= 0.6 is 0 Å². The Morgan fingerprint density at radius 2 is 0.714 bits per heavy atom. The van der Waals surface area contributed by atoms with Gasteiger partial charge in [-0.3, -0.25) is 0 Å². The van der Waals surface area contributed by atoms with Crippen LogP contribution in [-0.4, -0.2) is 15.0 Å². The normalized spacial score (nSPS) is 11.6. The monoisotopic (exact) mass is 717 g/mol. The number of hydrogen-bond acceptors (Lipinski definition) is 5. The first kappa shape index (κ1) is 31.9. The van der Waals surface area contributed by atoms with E-state index in [0.717, 1.165) is 88.4 Å². The zero-order chi connectivity index (χ0) is 37.0. The van der Waals surface area contributed by atoms with E-state index < -0.39 is 0 Å². The van der Waals surface area contributed by atoms with E-state index in [2.05, 4.69) is 127 Å². The van der Waals surface area contributed by atoms with E-state index in [1.165, 1.54) is 5.56 Å². The van der Waals surface area contributed by atoms with E-state index in [-0.39, 0.29) is 0 Å². The fourth-order valence-corrected chi connectivity index (χ4v) is 7.75. The third kappa shape index (κ3) is 5.53. The minimum Gasteiger partial charge on any atom is -0.456 e. The number of benzene rings is 8. The molecule has 0 aliphatic rings. The van der Waals surface area contributed by atoms with Crippen LogP contribution in [0.4, 0.5) is 0 Å². The molecule has 3 heterocycles. The lowest BCUT2D eigenvalue weighted by Crippen LogP contribution is -2.00. The first-order valence-electron chi connectivity index (χ1n) is 18.7. The first-order chi connectivity index (χ1) is 27.7. The van der Waals surface area contributed by atoms with Crippen LogP contribution in [-0.2, 0) is 0 Å². The van der Waals surface area contributed by atoms with Crippen LogP contribution in [0.5, 0.6) is 0 Å². The second kappa shape index (κ2) is 13.0. The molecule has 11 rings (SSSR count). The van der Waals surface area contributed by atoms with Gasteiger partial charge in [0.1, 0.15) is 22.3 Å². The molecule has 0 N–H and O–H groups in total. The van der Waals surface area contributed by atoms with Crippen LogP contribution in [0.3, 0.4) is 0 Å². The maximum atomic E-state index is 6.48. The Morgan fingerprint density at radius 3 is 1.41 bits per heavy atom. The van der Waals surface area contributed by atoms with E-state index >= 15 is 0 Å². The van der Waals surface area contributed by atoms with Crippen molar-refractivity contribution >= 4 is 43.9 Å². The number of rotatable bonds is 6. The fourth-order valence-electron chi connectivity index (χ4n) is 7.75. The van der Waals surface area contributed by atoms with Crippen LogP contribution in [0.2, 0.25) is 0 Å². The van der Waals surface area contributed by atoms with Crippen molar-refractivity contribution in [2.75, 3.05) is 0 Å². The molecular weight excluding hydrogens is 687 g/mol. The van der Waals surface area contributed by atoms with Gasteiger partial charge < -0.3 is 8.83 Å². The zero-order valence-electron chi connectivity index (χ0n) is 30.1. The predicted molar refractivity (Wildman–Crippen MR) is 227 cm³/mol. The lowest BCUT2D eigenvalue weighted by molar-refractivity contribution is 0.669. The molecule has 5 heteroatoms. The van der Waals surface area contributed by atoms with Crippen molar-refractivity contribution in [2.45, 2.75) is 0 Å². The van der Waals surface area contributed by atoms with Gasteiger partial charge in [-0.25, -0.2) is 15.0 Å². The summed E-state index contributed by atoms with van der Waals surface area (Å²) in [5.74, 6) is 1.67. The number of aromatic nitrogens is 3. The molecule has 5 nitrogen and oxygen atoms in total. The van der Waals surface area contributed by atoms with Crippen molar-refractivity contribution in [1.82, 2.24) is 15.0 Å². The van der Waals surface area contributed by atoms with E-state index in [9.17, 15) is 0 Å². The highest BCUT2D eigenvalue weighted by Gasteiger charge is 2.19. The maximum absolute atomic E-state index is 6.48. The van der Waals surface area contributed by atoms with Gasteiger partial charge in [0.05, 0.1) is 5.56 Å². The van der Waals surface area contributed by atoms with Crippen molar-refractivity contribution in [3.63, 3.8) is 0 Å². The van der Waals surface area contributed by atoms with Crippen molar-refractivity contribution in [3.05, 3.63) is 188 Å². The summed E-state index contributed by atoms with van der Waals surface area (Å²) >= 11 is 0. The SMILES string of the molecule is c1ccc(-c2cccc(-c3cccc(-c4nc(-c5ccc6oc7ccc(-c8ccccc8)cc7c6c5)nc(-c5cccc6c5oc5ccccc56)n4)c3)c2)cc1. The minimum absolute atomic E-state index is 0.537. The van der Waals surface area contributed by atoms with Gasteiger partial charge in [0.25, 0.3) is 0 Å². The van der Waals surface area contributed by atoms with Gasteiger partial charge in [0.15, 0.2) is 17.5 Å². The summed E-state index contributed by atoms with van der Waals surface area (Å²) in [5.41, 5.74) is 12.6. The van der Waals surface area contributed by atoms with Gasteiger partial charge in [0.2, 0.25) is 0 Å². The molecule has 11 aromatic rings. The Bertz CT molecular complexity index is 3250. The summed E-state index contributed by atoms with van der Waals surface area (Å²) in [5, 5.41) is 4.10. The lowest BCUT2D eigenvalue weighted by Gasteiger charge is -2.11. The van der Waals surface area contributed by atoms with Crippen LogP contribution < -0.4 is 0 Å². The van der Waals surface area contributed by atoms with Crippen LogP contribution in [0.25, 0.3) is 111 Å². The summed E-state index contributed by atoms with van der Waals surface area (Å²) in [6.45, 7) is 0. The molecule has 0 aliphatic carbocycles. The largest absolute Gasteiger partial charge is 0.456 e. The number of para-hydroxylation sites is 2. The molecule has 0 bridgehead atoms. The molecule has 0 radical (unpaired) electrons. The summed E-state index contributed by atoms with van der Waals surface area (Å²) < 4.78 is 12.8. The van der Waals surface area contributed by atoms with Gasteiger partial charge >= 0.3 is 0 Å². The Balaban J connectivity index is 1.09. The molecule has 0 atom stereocenters. The molecule has 56 heavy (non-hydrogen) atoms. The second-order valence-electron chi connectivity index (χ2n) is 14.0. The van der Waals surface area contributed by atoms with Gasteiger partial charge in [-0.05, 0) is 88.0 Å². The summed E-state index contributed by atoms with van der Waals surface area (Å²) in [6, 6.07) is 64.7. The molecule has 0 amide bonds. The Morgan fingerprint density at radius 1 is 0.268 bits per heavy atom. The van der Waals surface area contributed by atoms with Crippen LogP contribution in [0.15, 0.2) is 197 Å². The van der Waals surface area contributed by atoms with Crippen LogP contribution in [0, 0.1) is 0 Å². The molecule has 3 aromatic heterocycles. The standard InChI is InChI=1S/C51H31N3O2/c1-3-12-32(13-4-1)34-16-9-17-35(28-34)36-18-10-19-38(29-36)49-52-50(54-51(53-49)42-22-11-21-41-40-20-7-8-23-45(40)56-48(41)42)39-25-27-47-44(31-39)43-30-37(24-26-46(43)55-47)33-14-5-2-6-15-33/h1-31H. The Labute approximate surface area is 322 Å². The summed E-state index contributed by atoms with van der Waals surface area (Å²) in [6.07, 6.45) is 0. The smallest absolute Gasteiger partial charge is 0.167 e. The summed E-state index contributed by atoms with van der Waals surface area (Å²) in [4.78, 5) is 15.5. The number of hydrogen-bond donors (Lipinski definition) is 0. The van der Waals surface area contributed by atoms with E-state index in [0.29, 0.717) is 17.5 Å². The Hall–Kier alpha value is -7.63. The van der Waals surface area contributed by atoms with Crippen molar-refractivity contribution < 1.29 is 8.83 Å². The van der Waals surface area contributed by atoms with E-state index in [1.54, 1.807) is 0 Å². The molecule has 0 saturated carbocycles. The van der Waals surface area contributed by atoms with E-state index in [4.69, 9.17) is 23.8 Å². The number of fused-ring (bicyclic) bond motifs is 6. The fraction of sp³-hybridized carbons (Fsp3) is 0. The molecule has 0 spiro atoms. The highest BCUT2D eigenvalue weighted by atomic mass is 16.3. The van der Waals surface area contributed by atoms with Gasteiger partial charge in [-0.1, -0.05) is 133 Å². The Kier molecular flexibility index (Phi) is 7.42. The summed E-state index contributed by atoms with van der Waals surface area (Å²) in [7, 11) is 0. The van der Waals surface area contributed by atoms with Crippen molar-refractivity contribution in [3.8, 4) is 67.5 Å². The molecule has 0 unspecified atom stereocenters. The lowest BCUT2D eigenvalue weighted by atomic mass is 9.98. The van der Waals surface area contributed by atoms with Gasteiger partial charge in [-0.15, -0.1) is 0 Å². The van der Waals surface area contributed by atoms with Crippen LogP contribution in [0.1, 0.15) is 0 Å². The highest BCUT2D eigenvalue weighted by Crippen LogP contribution is 2.38. The average Bonchev–Trinajstić information content (AvgIpc) is 3.85. The topological polar surface area (TPSA) is 65.0 Å². The molecule has 8 aromatic carbocycles. The number of nitrogens with zero attached hydrogens (tertiary/aromatic N) is 3. The first-order valence-corrected chi connectivity index (χ1v) is 18.7. The number of furan rings is 2. The molecule has 262 valence electrons. The van der Waals surface area contributed by atoms with Gasteiger partial charge in [-0.2, -0.15) is 0 Å². The third-order valence-electron chi connectivity index (χ3n) is 10.5. The van der Waals surface area contributed by atoms with Crippen molar-refractivity contribution in [2.24, 2.45) is 0 Å².